The van der Waals surface area contributed by atoms with Crippen LogP contribution >= 0.6 is 24.8 Å². The number of nitrogens with one attached hydrogen (secondary N) is 1. The zero-order valence-electron chi connectivity index (χ0n) is 21.8. The molecular formula is C26H37Cl2N3O6. The molecule has 2 aromatic rings. The number of hydrogen-bond acceptors (Lipinski definition) is 8. The van der Waals surface area contributed by atoms with Gasteiger partial charge in [0.2, 0.25) is 11.7 Å². The van der Waals surface area contributed by atoms with Crippen LogP contribution in [0.25, 0.3) is 6.08 Å². The van der Waals surface area contributed by atoms with Crippen LogP contribution in [0.3, 0.4) is 0 Å². The van der Waals surface area contributed by atoms with Crippen molar-refractivity contribution in [3.63, 3.8) is 0 Å². The molecule has 0 aromatic heterocycles. The van der Waals surface area contributed by atoms with Gasteiger partial charge in [0.15, 0.2) is 17.3 Å². The Balaban J connectivity index is 0.00000648. The molecule has 2 aromatic carbocycles. The van der Waals surface area contributed by atoms with Crippen LogP contribution in [-0.2, 0) is 4.79 Å². The van der Waals surface area contributed by atoms with E-state index in [1.807, 2.05) is 0 Å². The summed E-state index contributed by atoms with van der Waals surface area (Å²) in [6.45, 7) is 2.27. The maximum Gasteiger partial charge on any atom is 0.241 e. The van der Waals surface area contributed by atoms with Crippen LogP contribution in [0.4, 0.5) is 5.69 Å². The first-order chi connectivity index (χ1) is 16.8. The second kappa shape index (κ2) is 16.7. The van der Waals surface area contributed by atoms with Gasteiger partial charge in [-0.1, -0.05) is 12.5 Å². The Morgan fingerprint density at radius 1 is 0.919 bits per heavy atom. The van der Waals surface area contributed by atoms with E-state index in [2.05, 4.69) is 5.32 Å². The maximum atomic E-state index is 13.1. The second-order valence-electron chi connectivity index (χ2n) is 7.91. The molecule has 0 radical (unpaired) electrons. The van der Waals surface area contributed by atoms with Gasteiger partial charge >= 0.3 is 0 Å². The van der Waals surface area contributed by atoms with Crippen molar-refractivity contribution in [2.45, 2.75) is 32.2 Å². The summed E-state index contributed by atoms with van der Waals surface area (Å²) in [6.07, 6.45) is 3.84. The molecule has 0 heterocycles. The summed E-state index contributed by atoms with van der Waals surface area (Å²) in [5.74, 6) is 1.14. The molecule has 5 N–H and O–H groups in total. The van der Waals surface area contributed by atoms with Crippen molar-refractivity contribution in [2.75, 3.05) is 40.3 Å². The van der Waals surface area contributed by atoms with Crippen LogP contribution < -0.4 is 35.7 Å². The van der Waals surface area contributed by atoms with Crippen molar-refractivity contribution >= 4 is 48.3 Å². The van der Waals surface area contributed by atoms with Gasteiger partial charge in [-0.25, -0.2) is 0 Å². The van der Waals surface area contributed by atoms with Crippen LogP contribution in [0.15, 0.2) is 35.9 Å². The molecule has 11 heteroatoms. The third-order valence-corrected chi connectivity index (χ3v) is 5.46. The number of carbonyl (C=O) groups is 2. The number of anilines is 1. The lowest BCUT2D eigenvalue weighted by atomic mass is 10.0. The summed E-state index contributed by atoms with van der Waals surface area (Å²) in [4.78, 5) is 25.7. The number of unbranched alkanes of at least 4 members (excludes halogenated alkanes) is 1. The van der Waals surface area contributed by atoms with Crippen LogP contribution in [0, 0.1) is 0 Å². The molecule has 2 rings (SSSR count). The first kappa shape index (κ1) is 34.0. The van der Waals surface area contributed by atoms with E-state index < -0.39 is 6.04 Å². The normalized spacial score (nSPS) is 11.4. The summed E-state index contributed by atoms with van der Waals surface area (Å²) in [7, 11) is 6.00. The molecule has 0 unspecified atom stereocenters. The van der Waals surface area contributed by atoms with Crippen LogP contribution in [0.2, 0.25) is 0 Å². The number of ketones is 1. The van der Waals surface area contributed by atoms with Crippen LogP contribution in [-0.4, -0.2) is 52.7 Å². The SMILES string of the molecule is COc1ccc(C=C(C)C(=O)c2cc(OC)c(OC)c(OC)c2)cc1NC(=O)[C@@H](N)CCCCN.Cl.Cl. The van der Waals surface area contributed by atoms with Gasteiger partial charge in [0.1, 0.15) is 5.75 Å². The zero-order chi connectivity index (χ0) is 26.0. The summed E-state index contributed by atoms with van der Waals surface area (Å²) >= 11 is 0. The molecular weight excluding hydrogens is 521 g/mol. The third kappa shape index (κ3) is 9.12. The fourth-order valence-electron chi connectivity index (χ4n) is 3.53. The zero-order valence-corrected chi connectivity index (χ0v) is 23.4. The number of halogens is 2. The molecule has 0 fully saturated rings. The molecule has 0 aliphatic rings. The van der Waals surface area contributed by atoms with E-state index >= 15 is 0 Å². The van der Waals surface area contributed by atoms with E-state index in [9.17, 15) is 9.59 Å². The molecule has 0 aliphatic carbocycles. The Morgan fingerprint density at radius 3 is 2.03 bits per heavy atom. The highest BCUT2D eigenvalue weighted by molar-refractivity contribution is 6.11. The monoisotopic (exact) mass is 557 g/mol. The number of methoxy groups -OCH3 is 4. The molecule has 9 nitrogen and oxygen atoms in total. The van der Waals surface area contributed by atoms with Crippen LogP contribution in [0.5, 0.6) is 23.0 Å². The van der Waals surface area contributed by atoms with Crippen molar-refractivity contribution in [1.82, 2.24) is 0 Å². The number of carbonyl (C=O) groups excluding carboxylic acids is 2. The first-order valence-electron chi connectivity index (χ1n) is 11.3. The fraction of sp³-hybridized carbons (Fsp3) is 0.385. The van der Waals surface area contributed by atoms with E-state index in [0.29, 0.717) is 58.4 Å². The first-order valence-corrected chi connectivity index (χ1v) is 11.3. The van der Waals surface area contributed by atoms with E-state index in [4.69, 9.17) is 30.4 Å². The Morgan fingerprint density at radius 2 is 1.51 bits per heavy atom. The van der Waals surface area contributed by atoms with Crippen molar-refractivity contribution in [1.29, 1.82) is 0 Å². The molecule has 0 spiro atoms. The van der Waals surface area contributed by atoms with E-state index in [-0.39, 0.29) is 36.5 Å². The van der Waals surface area contributed by atoms with Gasteiger partial charge in [0.25, 0.3) is 0 Å². The number of amides is 1. The van der Waals surface area contributed by atoms with E-state index in [1.165, 1.54) is 28.4 Å². The molecule has 37 heavy (non-hydrogen) atoms. The average molecular weight is 559 g/mol. The van der Waals surface area contributed by atoms with Crippen molar-refractivity contribution < 1.29 is 28.5 Å². The largest absolute Gasteiger partial charge is 0.495 e. The van der Waals surface area contributed by atoms with Gasteiger partial charge < -0.3 is 35.7 Å². The molecule has 0 aliphatic heterocycles. The van der Waals surface area contributed by atoms with Crippen molar-refractivity contribution in [2.24, 2.45) is 11.5 Å². The van der Waals surface area contributed by atoms with Crippen LogP contribution in [0.1, 0.15) is 42.1 Å². The third-order valence-electron chi connectivity index (χ3n) is 5.46. The van der Waals surface area contributed by atoms with Crippen molar-refractivity contribution in [3.05, 3.63) is 47.0 Å². The molecule has 206 valence electrons. The van der Waals surface area contributed by atoms with Gasteiger partial charge in [-0.3, -0.25) is 9.59 Å². The minimum atomic E-state index is -0.659. The van der Waals surface area contributed by atoms with Gasteiger partial charge in [-0.2, -0.15) is 0 Å². The number of allylic oxidation sites excluding steroid dienone is 1. The van der Waals surface area contributed by atoms with E-state index in [1.54, 1.807) is 43.3 Å². The lowest BCUT2D eigenvalue weighted by molar-refractivity contribution is -0.117. The van der Waals surface area contributed by atoms with Gasteiger partial charge in [0.05, 0.1) is 40.2 Å². The molecule has 1 atom stereocenters. The lowest BCUT2D eigenvalue weighted by Crippen LogP contribution is -2.35. The number of Topliss-reactive ketones (excluding diaryl/α,β-unsaturated/α-hetero) is 1. The summed E-state index contributed by atoms with van der Waals surface area (Å²) in [5.41, 5.74) is 13.5. The minimum absolute atomic E-state index is 0. The summed E-state index contributed by atoms with van der Waals surface area (Å²) < 4.78 is 21.4. The highest BCUT2D eigenvalue weighted by atomic mass is 35.5. The summed E-state index contributed by atoms with van der Waals surface area (Å²) in [5, 5.41) is 2.82. The fourth-order valence-corrected chi connectivity index (χ4v) is 3.53. The summed E-state index contributed by atoms with van der Waals surface area (Å²) in [6, 6.07) is 7.79. The lowest BCUT2D eigenvalue weighted by Gasteiger charge is -2.15. The smallest absolute Gasteiger partial charge is 0.241 e. The number of ether oxygens (including phenoxy) is 4. The predicted octanol–water partition coefficient (Wildman–Crippen LogP) is 4.25. The standard InChI is InChI=1S/C26H35N3O6.2ClH/c1-16(24(30)18-14-22(33-3)25(35-5)23(15-18)34-4)12-17-9-10-21(32-2)20(13-17)29-26(31)19(28)8-6-7-11-27;;/h9-10,12-15,19H,6-8,11,27-28H2,1-5H3,(H,29,31);2*1H/t19-;;/m0../s1. The molecule has 0 saturated heterocycles. The molecule has 0 bridgehead atoms. The van der Waals surface area contributed by atoms with E-state index in [0.717, 1.165) is 12.8 Å². The molecule has 1 amide bonds. The number of nitrogens with two attached hydrogens (primary N) is 2. The minimum Gasteiger partial charge on any atom is -0.495 e. The van der Waals surface area contributed by atoms with Gasteiger partial charge in [-0.05, 0) is 67.8 Å². The highest BCUT2D eigenvalue weighted by Gasteiger charge is 2.19. The Bertz CT molecular complexity index is 1050. The average Bonchev–Trinajstić information content (AvgIpc) is 2.87. The second-order valence-corrected chi connectivity index (χ2v) is 7.91. The Hall–Kier alpha value is -2.98. The molecule has 0 saturated carbocycles. The number of rotatable bonds is 13. The Labute approximate surface area is 230 Å². The van der Waals surface area contributed by atoms with Crippen molar-refractivity contribution in [3.8, 4) is 23.0 Å². The number of hydrogen-bond donors (Lipinski definition) is 3. The van der Waals surface area contributed by atoms with Gasteiger partial charge in [-0.15, -0.1) is 24.8 Å². The number of benzene rings is 2. The maximum absolute atomic E-state index is 13.1. The highest BCUT2D eigenvalue weighted by Crippen LogP contribution is 2.38. The quantitative estimate of drug-likeness (QED) is 0.189. The Kier molecular flexibility index (Phi) is 15.4. The topological polar surface area (TPSA) is 135 Å². The predicted molar refractivity (Wildman–Crippen MR) is 151 cm³/mol. The van der Waals surface area contributed by atoms with Gasteiger partial charge in [0, 0.05) is 5.56 Å².